The van der Waals surface area contributed by atoms with Gasteiger partial charge in [-0.3, -0.25) is 9.48 Å². The predicted octanol–water partition coefficient (Wildman–Crippen LogP) is 3.16. The molecule has 3 nitrogen and oxygen atoms in total. The zero-order valence-corrected chi connectivity index (χ0v) is 10.3. The summed E-state index contributed by atoms with van der Waals surface area (Å²) in [4.78, 5) is 11.0. The monoisotopic (exact) mass is 284 g/mol. The molecule has 1 aromatic heterocycles. The first kappa shape index (κ1) is 15.6. The highest BCUT2D eigenvalue weighted by Crippen LogP contribution is 2.36. The Morgan fingerprint density at radius 2 is 1.95 bits per heavy atom. The van der Waals surface area contributed by atoms with E-state index in [9.17, 15) is 26.7 Å². The minimum Gasteiger partial charge on any atom is -0.292 e. The summed E-state index contributed by atoms with van der Waals surface area (Å²) in [6.07, 6.45) is -4.75. The van der Waals surface area contributed by atoms with Crippen molar-refractivity contribution in [2.75, 3.05) is 0 Å². The van der Waals surface area contributed by atoms with Crippen LogP contribution >= 0.6 is 0 Å². The van der Waals surface area contributed by atoms with E-state index in [2.05, 4.69) is 5.10 Å². The van der Waals surface area contributed by atoms with Gasteiger partial charge in [-0.25, -0.2) is 0 Å². The summed E-state index contributed by atoms with van der Waals surface area (Å²) < 4.78 is 62.8. The Morgan fingerprint density at radius 3 is 2.42 bits per heavy atom. The first-order valence-corrected chi connectivity index (χ1v) is 5.61. The molecular formula is C11H13F5N2O. The molecule has 0 aliphatic rings. The van der Waals surface area contributed by atoms with Crippen LogP contribution in [0.25, 0.3) is 0 Å². The van der Waals surface area contributed by atoms with Gasteiger partial charge in [-0.15, -0.1) is 0 Å². The van der Waals surface area contributed by atoms with Crippen molar-refractivity contribution in [3.05, 3.63) is 18.0 Å². The molecular weight excluding hydrogens is 271 g/mol. The smallest absolute Gasteiger partial charge is 0.292 e. The standard InChI is InChI=1S/C11H13F5N2O/c1-3-7(2)18-5-4-8(17-18)6-9(19)10(12,13)11(14,15)16/h4-5,7H,3,6H2,1-2H3. The second-order valence-electron chi connectivity index (χ2n) is 4.22. The van der Waals surface area contributed by atoms with Gasteiger partial charge in [0.1, 0.15) is 0 Å². The fraction of sp³-hybridized carbons (Fsp3) is 0.636. The molecule has 0 bridgehead atoms. The van der Waals surface area contributed by atoms with Gasteiger partial charge in [-0.05, 0) is 19.4 Å². The SMILES string of the molecule is CCC(C)n1ccc(CC(=O)C(F)(F)C(F)(F)F)n1. The van der Waals surface area contributed by atoms with Gasteiger partial charge in [0.05, 0.1) is 12.1 Å². The van der Waals surface area contributed by atoms with Gasteiger partial charge in [-0.1, -0.05) is 6.92 Å². The van der Waals surface area contributed by atoms with Crippen molar-refractivity contribution in [2.45, 2.75) is 44.8 Å². The van der Waals surface area contributed by atoms with Crippen LogP contribution in [0.3, 0.4) is 0 Å². The van der Waals surface area contributed by atoms with Crippen LogP contribution in [0.2, 0.25) is 0 Å². The molecule has 0 aliphatic heterocycles. The molecule has 0 aliphatic carbocycles. The van der Waals surface area contributed by atoms with Crippen molar-refractivity contribution in [1.29, 1.82) is 0 Å². The minimum absolute atomic E-state index is 0.0213. The van der Waals surface area contributed by atoms with Gasteiger partial charge in [-0.2, -0.15) is 27.1 Å². The van der Waals surface area contributed by atoms with E-state index in [4.69, 9.17) is 0 Å². The minimum atomic E-state index is -5.87. The Kier molecular flexibility index (Phi) is 4.32. The Balaban J connectivity index is 2.81. The van der Waals surface area contributed by atoms with Crippen LogP contribution in [-0.4, -0.2) is 27.7 Å². The molecule has 1 rings (SSSR count). The van der Waals surface area contributed by atoms with E-state index in [1.54, 1.807) is 0 Å². The van der Waals surface area contributed by atoms with Gasteiger partial charge in [0.2, 0.25) is 5.78 Å². The lowest BCUT2D eigenvalue weighted by atomic mass is 10.1. The Labute approximate surface area is 106 Å². The van der Waals surface area contributed by atoms with Crippen molar-refractivity contribution < 1.29 is 26.7 Å². The number of Topliss-reactive ketones (excluding diaryl/α,β-unsaturated/α-hetero) is 1. The van der Waals surface area contributed by atoms with Gasteiger partial charge < -0.3 is 0 Å². The lowest BCUT2D eigenvalue weighted by molar-refractivity contribution is -0.268. The Hall–Kier alpha value is -1.47. The van der Waals surface area contributed by atoms with E-state index in [-0.39, 0.29) is 11.7 Å². The molecule has 0 radical (unpaired) electrons. The van der Waals surface area contributed by atoms with Crippen molar-refractivity contribution in [2.24, 2.45) is 0 Å². The number of rotatable bonds is 5. The van der Waals surface area contributed by atoms with Crippen LogP contribution in [-0.2, 0) is 11.2 Å². The number of ketones is 1. The summed E-state index contributed by atoms with van der Waals surface area (Å²) in [5.41, 5.74) is -0.103. The first-order valence-electron chi connectivity index (χ1n) is 5.61. The van der Waals surface area contributed by atoms with Gasteiger partial charge >= 0.3 is 12.1 Å². The third-order valence-corrected chi connectivity index (χ3v) is 2.75. The highest BCUT2D eigenvalue weighted by atomic mass is 19.4. The number of hydrogen-bond donors (Lipinski definition) is 0. The summed E-state index contributed by atoms with van der Waals surface area (Å²) in [5, 5.41) is 3.81. The Bertz CT molecular complexity index is 452. The van der Waals surface area contributed by atoms with Gasteiger partial charge in [0.15, 0.2) is 0 Å². The average Bonchev–Trinajstić information content (AvgIpc) is 2.74. The maximum absolute atomic E-state index is 12.7. The van der Waals surface area contributed by atoms with E-state index in [0.29, 0.717) is 6.42 Å². The molecule has 8 heteroatoms. The Morgan fingerprint density at radius 1 is 1.37 bits per heavy atom. The quantitative estimate of drug-likeness (QED) is 0.778. The van der Waals surface area contributed by atoms with Crippen LogP contribution in [0.4, 0.5) is 22.0 Å². The summed E-state index contributed by atoms with van der Waals surface area (Å²) >= 11 is 0. The molecule has 0 saturated heterocycles. The van der Waals surface area contributed by atoms with E-state index in [0.717, 1.165) is 0 Å². The summed E-state index contributed by atoms with van der Waals surface area (Å²) in [7, 11) is 0. The molecule has 1 aromatic rings. The average molecular weight is 284 g/mol. The molecule has 108 valence electrons. The first-order chi connectivity index (χ1) is 8.59. The second kappa shape index (κ2) is 5.26. The number of hydrogen-bond acceptors (Lipinski definition) is 2. The summed E-state index contributed by atoms with van der Waals surface area (Å²) in [6.45, 7) is 3.68. The van der Waals surface area contributed by atoms with Crippen molar-refractivity contribution in [3.8, 4) is 0 Å². The van der Waals surface area contributed by atoms with Crippen LogP contribution in [0.15, 0.2) is 12.3 Å². The number of nitrogens with zero attached hydrogens (tertiary/aromatic N) is 2. The van der Waals surface area contributed by atoms with E-state index < -0.39 is 24.3 Å². The number of aromatic nitrogens is 2. The van der Waals surface area contributed by atoms with Gasteiger partial charge in [0.25, 0.3) is 0 Å². The van der Waals surface area contributed by atoms with Crippen LogP contribution in [0.1, 0.15) is 32.0 Å². The zero-order chi connectivity index (χ0) is 14.8. The lowest BCUT2D eigenvalue weighted by Gasteiger charge is -2.17. The molecule has 0 spiro atoms. The number of carbonyl (C=O) groups excluding carboxylic acids is 1. The lowest BCUT2D eigenvalue weighted by Crippen LogP contribution is -2.44. The molecule has 0 saturated carbocycles. The van der Waals surface area contributed by atoms with E-state index in [1.165, 1.54) is 16.9 Å². The third-order valence-electron chi connectivity index (χ3n) is 2.75. The van der Waals surface area contributed by atoms with Crippen molar-refractivity contribution in [3.63, 3.8) is 0 Å². The van der Waals surface area contributed by atoms with Crippen molar-refractivity contribution >= 4 is 5.78 Å². The van der Waals surface area contributed by atoms with Gasteiger partial charge in [0, 0.05) is 12.2 Å². The second-order valence-corrected chi connectivity index (χ2v) is 4.22. The van der Waals surface area contributed by atoms with Crippen molar-refractivity contribution in [1.82, 2.24) is 9.78 Å². The van der Waals surface area contributed by atoms with Crippen LogP contribution < -0.4 is 0 Å². The topological polar surface area (TPSA) is 34.9 Å². The fourth-order valence-electron chi connectivity index (χ4n) is 1.34. The molecule has 1 unspecified atom stereocenters. The summed E-state index contributed by atoms with van der Waals surface area (Å²) in [6, 6.07) is 1.24. The predicted molar refractivity (Wildman–Crippen MR) is 56.9 cm³/mol. The zero-order valence-electron chi connectivity index (χ0n) is 10.3. The summed E-state index contributed by atoms with van der Waals surface area (Å²) in [5.74, 6) is -7.54. The van der Waals surface area contributed by atoms with Crippen LogP contribution in [0.5, 0.6) is 0 Å². The highest BCUT2D eigenvalue weighted by Gasteiger charge is 2.62. The third kappa shape index (κ3) is 3.30. The molecule has 1 heterocycles. The number of halogens is 5. The molecule has 19 heavy (non-hydrogen) atoms. The maximum Gasteiger partial charge on any atom is 0.461 e. The molecule has 1 atom stereocenters. The number of alkyl halides is 5. The van der Waals surface area contributed by atoms with E-state index >= 15 is 0 Å². The normalized spacial score (nSPS) is 14.5. The molecule has 0 N–H and O–H groups in total. The van der Waals surface area contributed by atoms with Crippen LogP contribution in [0, 0.1) is 0 Å². The fourth-order valence-corrected chi connectivity index (χ4v) is 1.34. The van der Waals surface area contributed by atoms with E-state index in [1.807, 2.05) is 13.8 Å². The molecule has 0 fully saturated rings. The molecule has 0 aromatic carbocycles. The number of carbonyl (C=O) groups is 1. The molecule has 0 amide bonds. The highest BCUT2D eigenvalue weighted by molar-refractivity contribution is 5.88. The largest absolute Gasteiger partial charge is 0.461 e. The maximum atomic E-state index is 12.7.